The second-order valence-corrected chi connectivity index (χ2v) is 7.45. The Morgan fingerprint density at radius 2 is 2.08 bits per heavy atom. The van der Waals surface area contributed by atoms with E-state index in [1.54, 1.807) is 0 Å². The number of pyridine rings is 1. The Morgan fingerprint density at radius 1 is 1.21 bits per heavy atom. The van der Waals surface area contributed by atoms with Crippen molar-refractivity contribution in [3.63, 3.8) is 0 Å². The summed E-state index contributed by atoms with van der Waals surface area (Å²) in [6, 6.07) is 10.2. The summed E-state index contributed by atoms with van der Waals surface area (Å²) in [6.45, 7) is 1.00. The van der Waals surface area contributed by atoms with Gasteiger partial charge in [0.25, 0.3) is 0 Å². The van der Waals surface area contributed by atoms with Crippen LogP contribution in [-0.4, -0.2) is 23.0 Å². The summed E-state index contributed by atoms with van der Waals surface area (Å²) >= 11 is 0. The van der Waals surface area contributed by atoms with Gasteiger partial charge in [-0.1, -0.05) is 12.1 Å². The first-order valence-electron chi connectivity index (χ1n) is 9.21. The summed E-state index contributed by atoms with van der Waals surface area (Å²) in [5.41, 5.74) is 7.17. The maximum atomic E-state index is 5.73. The van der Waals surface area contributed by atoms with E-state index in [2.05, 4.69) is 34.1 Å². The highest BCUT2D eigenvalue weighted by Gasteiger charge is 2.40. The predicted molar refractivity (Wildman–Crippen MR) is 94.3 cm³/mol. The molecule has 3 aliphatic rings. The fourth-order valence-electron chi connectivity index (χ4n) is 5.04. The number of ether oxygens (including phenoxy) is 1. The van der Waals surface area contributed by atoms with Crippen molar-refractivity contribution in [3.8, 4) is 5.75 Å². The van der Waals surface area contributed by atoms with Gasteiger partial charge in [-0.05, 0) is 60.9 Å². The number of hydrogen-bond donors (Lipinski definition) is 0. The molecular formula is C21H24N2O. The van der Waals surface area contributed by atoms with Gasteiger partial charge in [-0.25, -0.2) is 0 Å². The van der Waals surface area contributed by atoms with Gasteiger partial charge < -0.3 is 4.74 Å². The van der Waals surface area contributed by atoms with Crippen LogP contribution in [0, 0.1) is 0 Å². The third-order valence-corrected chi connectivity index (χ3v) is 6.20. The van der Waals surface area contributed by atoms with Crippen molar-refractivity contribution >= 4 is 0 Å². The maximum Gasteiger partial charge on any atom is 0.123 e. The lowest BCUT2D eigenvalue weighted by Gasteiger charge is -2.36. The molecule has 2 bridgehead atoms. The van der Waals surface area contributed by atoms with Crippen LogP contribution in [-0.2, 0) is 25.8 Å². The van der Waals surface area contributed by atoms with Crippen LogP contribution in [0.25, 0.3) is 0 Å². The zero-order chi connectivity index (χ0) is 16.1. The molecule has 3 nitrogen and oxygen atoms in total. The van der Waals surface area contributed by atoms with Gasteiger partial charge in [-0.15, -0.1) is 0 Å². The van der Waals surface area contributed by atoms with Gasteiger partial charge in [0.2, 0.25) is 0 Å². The Kier molecular flexibility index (Phi) is 3.37. The summed E-state index contributed by atoms with van der Waals surface area (Å²) < 4.78 is 5.73. The lowest BCUT2D eigenvalue weighted by atomic mass is 9.96. The van der Waals surface area contributed by atoms with Crippen LogP contribution in [0.2, 0.25) is 0 Å². The molecule has 2 aromatic rings. The fourth-order valence-corrected chi connectivity index (χ4v) is 5.04. The first-order valence-corrected chi connectivity index (χ1v) is 9.21. The molecule has 1 aromatic carbocycles. The summed E-state index contributed by atoms with van der Waals surface area (Å²) in [4.78, 5) is 7.33. The summed E-state index contributed by atoms with van der Waals surface area (Å²) in [5.74, 6) is 1.08. The largest absolute Gasteiger partial charge is 0.496 e. The number of rotatable bonds is 3. The van der Waals surface area contributed by atoms with Gasteiger partial charge >= 0.3 is 0 Å². The third-order valence-electron chi connectivity index (χ3n) is 6.20. The highest BCUT2D eigenvalue weighted by atomic mass is 16.5. The Labute approximate surface area is 143 Å². The number of hydrogen-bond acceptors (Lipinski definition) is 3. The molecule has 0 spiro atoms. The van der Waals surface area contributed by atoms with Crippen molar-refractivity contribution in [3.05, 3.63) is 58.4 Å². The van der Waals surface area contributed by atoms with Crippen molar-refractivity contribution in [2.75, 3.05) is 7.11 Å². The van der Waals surface area contributed by atoms with Crippen LogP contribution >= 0.6 is 0 Å². The highest BCUT2D eigenvalue weighted by Crippen LogP contribution is 2.44. The molecule has 0 saturated carbocycles. The Morgan fingerprint density at radius 3 is 2.96 bits per heavy atom. The Balaban J connectivity index is 1.49. The van der Waals surface area contributed by atoms with Gasteiger partial charge in [0.15, 0.2) is 0 Å². The summed E-state index contributed by atoms with van der Waals surface area (Å²) in [6.07, 6.45) is 9.31. The first kappa shape index (κ1) is 14.5. The van der Waals surface area contributed by atoms with Gasteiger partial charge in [-0.3, -0.25) is 9.88 Å². The molecule has 24 heavy (non-hydrogen) atoms. The van der Waals surface area contributed by atoms with Crippen LogP contribution in [0.15, 0.2) is 30.5 Å². The van der Waals surface area contributed by atoms with E-state index < -0.39 is 0 Å². The first-order chi connectivity index (χ1) is 11.8. The molecule has 3 heteroatoms. The molecule has 0 amide bonds. The van der Waals surface area contributed by atoms with E-state index in [0.717, 1.165) is 18.7 Å². The molecule has 3 heterocycles. The predicted octanol–water partition coefficient (Wildman–Crippen LogP) is 3.84. The molecule has 0 radical (unpaired) electrons. The number of fused-ring (bicyclic) bond motifs is 5. The Hall–Kier alpha value is -1.87. The number of benzene rings is 1. The number of aromatic nitrogens is 1. The molecule has 2 aliphatic heterocycles. The summed E-state index contributed by atoms with van der Waals surface area (Å²) in [7, 11) is 1.81. The van der Waals surface area contributed by atoms with E-state index >= 15 is 0 Å². The van der Waals surface area contributed by atoms with E-state index in [4.69, 9.17) is 4.74 Å². The molecule has 1 aliphatic carbocycles. The Bertz CT molecular complexity index is 785. The molecule has 1 saturated heterocycles. The van der Waals surface area contributed by atoms with Gasteiger partial charge in [0.05, 0.1) is 7.11 Å². The van der Waals surface area contributed by atoms with Crippen LogP contribution in [0.1, 0.15) is 53.3 Å². The average molecular weight is 320 g/mol. The summed E-state index contributed by atoms with van der Waals surface area (Å²) in [5, 5.41) is 0. The second-order valence-electron chi connectivity index (χ2n) is 7.45. The maximum absolute atomic E-state index is 5.73. The van der Waals surface area contributed by atoms with Crippen molar-refractivity contribution in [1.29, 1.82) is 0 Å². The molecule has 124 valence electrons. The van der Waals surface area contributed by atoms with E-state index in [-0.39, 0.29) is 0 Å². The van der Waals surface area contributed by atoms with Gasteiger partial charge in [0.1, 0.15) is 5.75 Å². The third kappa shape index (κ3) is 2.18. The normalized spacial score (nSPS) is 24.7. The quantitative estimate of drug-likeness (QED) is 0.859. The van der Waals surface area contributed by atoms with E-state index in [9.17, 15) is 0 Å². The SMILES string of the molecule is COc1cc2c(cc1CN1[C@H]3CC[C@@H]1c1cccnc1C3)CCC2. The smallest absolute Gasteiger partial charge is 0.123 e. The zero-order valence-corrected chi connectivity index (χ0v) is 14.3. The second kappa shape index (κ2) is 5.59. The molecule has 1 aromatic heterocycles. The van der Waals surface area contributed by atoms with Crippen LogP contribution in [0.5, 0.6) is 5.75 Å². The average Bonchev–Trinajstić information content (AvgIpc) is 3.17. The van der Waals surface area contributed by atoms with Crippen LogP contribution in [0.3, 0.4) is 0 Å². The molecular weight excluding hydrogens is 296 g/mol. The van der Waals surface area contributed by atoms with Crippen LogP contribution < -0.4 is 4.74 Å². The molecule has 0 N–H and O–H groups in total. The number of nitrogens with zero attached hydrogens (tertiary/aromatic N) is 2. The molecule has 1 fully saturated rings. The van der Waals surface area contributed by atoms with Crippen molar-refractivity contribution in [2.24, 2.45) is 0 Å². The zero-order valence-electron chi connectivity index (χ0n) is 14.3. The van der Waals surface area contributed by atoms with Crippen molar-refractivity contribution < 1.29 is 4.74 Å². The number of aryl methyl sites for hydroxylation is 2. The van der Waals surface area contributed by atoms with Crippen molar-refractivity contribution in [1.82, 2.24) is 9.88 Å². The number of methoxy groups -OCH3 is 1. The van der Waals surface area contributed by atoms with Crippen LogP contribution in [0.4, 0.5) is 0 Å². The van der Waals surface area contributed by atoms with Gasteiger partial charge in [0, 0.05) is 42.5 Å². The molecule has 2 atom stereocenters. The molecule has 0 unspecified atom stereocenters. The van der Waals surface area contributed by atoms with E-state index in [1.807, 2.05) is 13.3 Å². The minimum atomic E-state index is 0.533. The monoisotopic (exact) mass is 320 g/mol. The standard InChI is InChI=1S/C21H24N2O/c1-24-21-11-15-5-2-4-14(15)10-16(21)13-23-17-7-8-20(23)18-6-3-9-22-19(18)12-17/h3,6,9-11,17,20H,2,4-5,7-8,12-13H2,1H3/t17-,20+/m0/s1. The topological polar surface area (TPSA) is 25.4 Å². The minimum Gasteiger partial charge on any atom is -0.496 e. The van der Waals surface area contributed by atoms with E-state index in [0.29, 0.717) is 12.1 Å². The minimum absolute atomic E-state index is 0.533. The lowest BCUT2D eigenvalue weighted by molar-refractivity contribution is 0.164. The fraction of sp³-hybridized carbons (Fsp3) is 0.476. The van der Waals surface area contributed by atoms with E-state index in [1.165, 1.54) is 60.1 Å². The van der Waals surface area contributed by atoms with Gasteiger partial charge in [-0.2, -0.15) is 0 Å². The molecule has 5 rings (SSSR count). The highest BCUT2D eigenvalue weighted by molar-refractivity contribution is 5.45. The van der Waals surface area contributed by atoms with Crippen molar-refractivity contribution in [2.45, 2.75) is 57.2 Å². The lowest BCUT2D eigenvalue weighted by Crippen LogP contribution is -2.37.